The third-order valence-corrected chi connectivity index (χ3v) is 5.09. The van der Waals surface area contributed by atoms with Gasteiger partial charge in [0.15, 0.2) is 0 Å². The highest BCUT2D eigenvalue weighted by molar-refractivity contribution is 9.10. The minimum Gasteiger partial charge on any atom is -0.490 e. The molecule has 5 nitrogen and oxygen atoms in total. The van der Waals surface area contributed by atoms with Gasteiger partial charge in [-0.2, -0.15) is 0 Å². The molecule has 1 aliphatic rings. The summed E-state index contributed by atoms with van der Waals surface area (Å²) in [6.45, 7) is 5.02. The molecule has 2 amide bonds. The molecule has 0 fully saturated rings. The van der Waals surface area contributed by atoms with E-state index < -0.39 is 0 Å². The van der Waals surface area contributed by atoms with E-state index in [0.717, 1.165) is 23.1 Å². The minimum absolute atomic E-state index is 0.0261. The summed E-state index contributed by atoms with van der Waals surface area (Å²) >= 11 is 3.41. The summed E-state index contributed by atoms with van der Waals surface area (Å²) in [5, 5.41) is 2.89. The maximum atomic E-state index is 12.5. The van der Waals surface area contributed by atoms with Crippen molar-refractivity contribution < 1.29 is 14.3 Å². The van der Waals surface area contributed by atoms with Crippen LogP contribution >= 0.6 is 15.9 Å². The van der Waals surface area contributed by atoms with Crippen molar-refractivity contribution >= 4 is 33.4 Å². The molecule has 0 aromatic heterocycles. The lowest BCUT2D eigenvalue weighted by Crippen LogP contribution is -2.30. The Morgan fingerprint density at radius 1 is 1.21 bits per heavy atom. The molecule has 1 aliphatic heterocycles. The number of nitrogens with one attached hydrogen (secondary N) is 1. The predicted octanol–water partition coefficient (Wildman–Crippen LogP) is 4.34. The number of rotatable bonds is 7. The van der Waals surface area contributed by atoms with E-state index in [1.165, 1.54) is 5.56 Å². The molecule has 0 radical (unpaired) electrons. The first-order chi connectivity index (χ1) is 13.5. The smallest absolute Gasteiger partial charge is 0.255 e. The van der Waals surface area contributed by atoms with Crippen molar-refractivity contribution in [3.63, 3.8) is 0 Å². The molecule has 0 atom stereocenters. The maximum absolute atomic E-state index is 12.5. The average Bonchev–Trinajstić information content (AvgIpc) is 3.09. The largest absolute Gasteiger partial charge is 0.490 e. The highest BCUT2D eigenvalue weighted by atomic mass is 79.9. The first-order valence-electron chi connectivity index (χ1n) is 9.58. The zero-order chi connectivity index (χ0) is 20.1. The highest BCUT2D eigenvalue weighted by Gasteiger charge is 2.23. The van der Waals surface area contributed by atoms with Crippen molar-refractivity contribution in [2.75, 3.05) is 18.0 Å². The summed E-state index contributed by atoms with van der Waals surface area (Å²) in [7, 11) is 0. The number of carbonyl (C=O) groups is 2. The first-order valence-corrected chi connectivity index (χ1v) is 10.4. The van der Waals surface area contributed by atoms with Gasteiger partial charge in [0.1, 0.15) is 5.75 Å². The highest BCUT2D eigenvalue weighted by Crippen LogP contribution is 2.28. The second kappa shape index (κ2) is 9.24. The number of halogens is 1. The number of fused-ring (bicyclic) bond motifs is 1. The fourth-order valence-corrected chi connectivity index (χ4v) is 3.64. The van der Waals surface area contributed by atoms with E-state index in [9.17, 15) is 9.59 Å². The maximum Gasteiger partial charge on any atom is 0.255 e. The second-order valence-corrected chi connectivity index (χ2v) is 8.01. The van der Waals surface area contributed by atoms with Crippen LogP contribution < -0.4 is 15.0 Å². The zero-order valence-electron chi connectivity index (χ0n) is 16.2. The molecule has 148 valence electrons. The van der Waals surface area contributed by atoms with Gasteiger partial charge in [0.2, 0.25) is 5.91 Å². The van der Waals surface area contributed by atoms with Gasteiger partial charge in [-0.1, -0.05) is 34.1 Å². The van der Waals surface area contributed by atoms with Crippen molar-refractivity contribution in [3.8, 4) is 5.75 Å². The van der Waals surface area contributed by atoms with Gasteiger partial charge in [-0.05, 0) is 56.5 Å². The Kier molecular flexibility index (Phi) is 6.73. The van der Waals surface area contributed by atoms with Crippen LogP contribution in [0, 0.1) is 0 Å². The number of amides is 2. The summed E-state index contributed by atoms with van der Waals surface area (Å²) in [6, 6.07) is 13.4. The van der Waals surface area contributed by atoms with Gasteiger partial charge in [-0.25, -0.2) is 0 Å². The number of hydrogen-bond acceptors (Lipinski definition) is 3. The number of para-hydroxylation sites is 1. The van der Waals surface area contributed by atoms with Gasteiger partial charge in [-0.15, -0.1) is 0 Å². The van der Waals surface area contributed by atoms with Gasteiger partial charge in [0.25, 0.3) is 5.91 Å². The molecule has 0 aliphatic carbocycles. The lowest BCUT2D eigenvalue weighted by molar-refractivity contribution is -0.118. The van der Waals surface area contributed by atoms with Crippen LogP contribution in [-0.4, -0.2) is 31.0 Å². The molecule has 3 rings (SSSR count). The third-order valence-electron chi connectivity index (χ3n) is 4.59. The zero-order valence-corrected chi connectivity index (χ0v) is 17.8. The van der Waals surface area contributed by atoms with Gasteiger partial charge in [-0.3, -0.25) is 9.59 Å². The molecule has 2 aromatic rings. The van der Waals surface area contributed by atoms with E-state index in [1.807, 2.05) is 43.0 Å². The Morgan fingerprint density at radius 3 is 2.79 bits per heavy atom. The molecule has 28 heavy (non-hydrogen) atoms. The van der Waals surface area contributed by atoms with Crippen LogP contribution in [0.15, 0.2) is 46.9 Å². The third kappa shape index (κ3) is 4.93. The number of carbonyl (C=O) groups excluding carboxylic acids is 2. The van der Waals surface area contributed by atoms with Crippen molar-refractivity contribution in [2.45, 2.75) is 39.2 Å². The summed E-state index contributed by atoms with van der Waals surface area (Å²) in [5.41, 5.74) is 2.73. The van der Waals surface area contributed by atoms with Crippen LogP contribution in [0.25, 0.3) is 0 Å². The van der Waals surface area contributed by atoms with E-state index >= 15 is 0 Å². The summed E-state index contributed by atoms with van der Waals surface area (Å²) < 4.78 is 6.60. The molecule has 0 saturated heterocycles. The van der Waals surface area contributed by atoms with Crippen molar-refractivity contribution in [3.05, 3.63) is 58.1 Å². The molecular formula is C22H25BrN2O3. The minimum atomic E-state index is -0.192. The van der Waals surface area contributed by atoms with Gasteiger partial charge in [0, 0.05) is 29.7 Å². The first kappa shape index (κ1) is 20.4. The van der Waals surface area contributed by atoms with Gasteiger partial charge >= 0.3 is 0 Å². The topological polar surface area (TPSA) is 58.6 Å². The monoisotopic (exact) mass is 444 g/mol. The number of ether oxygens (including phenoxy) is 1. The van der Waals surface area contributed by atoms with Crippen molar-refractivity contribution in [1.82, 2.24) is 5.32 Å². The van der Waals surface area contributed by atoms with E-state index in [2.05, 4.69) is 27.3 Å². The molecule has 0 saturated carbocycles. The fourth-order valence-electron chi connectivity index (χ4n) is 3.30. The Balaban J connectivity index is 1.51. The van der Waals surface area contributed by atoms with Crippen LogP contribution in [0.2, 0.25) is 0 Å². The standard InChI is InChI=1S/C22H25BrN2O3/c1-15(2)28-20-14-17(23)9-10-18(20)22(27)24-12-5-8-21(26)25-13-11-16-6-3-4-7-19(16)25/h3-4,6-7,9-10,14-15H,5,8,11-13H2,1-2H3,(H,24,27). The van der Waals surface area contributed by atoms with Gasteiger partial charge in [0.05, 0.1) is 11.7 Å². The number of hydrogen-bond donors (Lipinski definition) is 1. The lowest BCUT2D eigenvalue weighted by atomic mass is 10.1. The molecule has 2 aromatic carbocycles. The van der Waals surface area contributed by atoms with E-state index in [4.69, 9.17) is 4.74 Å². The van der Waals surface area contributed by atoms with Crippen LogP contribution in [0.4, 0.5) is 5.69 Å². The molecule has 0 spiro atoms. The van der Waals surface area contributed by atoms with Crippen LogP contribution in [0.3, 0.4) is 0 Å². The van der Waals surface area contributed by atoms with Crippen LogP contribution in [0.5, 0.6) is 5.75 Å². The molecular weight excluding hydrogens is 420 g/mol. The van der Waals surface area contributed by atoms with Gasteiger partial charge < -0.3 is 15.0 Å². The second-order valence-electron chi connectivity index (χ2n) is 7.09. The fraction of sp³-hybridized carbons (Fsp3) is 0.364. The normalized spacial score (nSPS) is 12.8. The van der Waals surface area contributed by atoms with Crippen molar-refractivity contribution in [2.24, 2.45) is 0 Å². The SMILES string of the molecule is CC(C)Oc1cc(Br)ccc1C(=O)NCCCC(=O)N1CCc2ccccc21. The van der Waals surface area contributed by atoms with E-state index in [1.54, 1.807) is 12.1 Å². The summed E-state index contributed by atoms with van der Waals surface area (Å²) in [4.78, 5) is 26.9. The molecule has 1 heterocycles. The molecule has 0 bridgehead atoms. The quantitative estimate of drug-likeness (QED) is 0.646. The predicted molar refractivity (Wildman–Crippen MR) is 114 cm³/mol. The van der Waals surface area contributed by atoms with E-state index in [0.29, 0.717) is 30.7 Å². The Morgan fingerprint density at radius 2 is 2.00 bits per heavy atom. The number of benzene rings is 2. The summed E-state index contributed by atoms with van der Waals surface area (Å²) in [6.07, 6.45) is 1.88. The molecule has 0 unspecified atom stereocenters. The van der Waals surface area contributed by atoms with Crippen LogP contribution in [0.1, 0.15) is 42.6 Å². The van der Waals surface area contributed by atoms with Crippen LogP contribution in [-0.2, 0) is 11.2 Å². The summed E-state index contributed by atoms with van der Waals surface area (Å²) in [5.74, 6) is 0.459. The molecule has 6 heteroatoms. The number of anilines is 1. The number of nitrogens with zero attached hydrogens (tertiary/aromatic N) is 1. The Labute approximate surface area is 174 Å². The van der Waals surface area contributed by atoms with E-state index in [-0.39, 0.29) is 17.9 Å². The Bertz CT molecular complexity index is 867. The van der Waals surface area contributed by atoms with Crippen molar-refractivity contribution in [1.29, 1.82) is 0 Å². The average molecular weight is 445 g/mol. The molecule has 1 N–H and O–H groups in total. The Hall–Kier alpha value is -2.34. The lowest BCUT2D eigenvalue weighted by Gasteiger charge is -2.17.